The Bertz CT molecular complexity index is 2420. The summed E-state index contributed by atoms with van der Waals surface area (Å²) in [5.74, 6) is -7.87. The topological polar surface area (TPSA) is 439 Å². The molecule has 26 heteroatoms. The van der Waals surface area contributed by atoms with Crippen molar-refractivity contribution < 1.29 is 47.9 Å². The van der Waals surface area contributed by atoms with Crippen LogP contribution >= 0.6 is 0 Å². The first-order valence-corrected chi connectivity index (χ1v) is 25.3. The number of aliphatic imine (C=N–C) groups is 2. The average Bonchev–Trinajstić information content (AvgIpc) is 4.05. The van der Waals surface area contributed by atoms with Crippen molar-refractivity contribution in [1.29, 1.82) is 0 Å². The van der Waals surface area contributed by atoms with E-state index in [4.69, 9.17) is 34.4 Å². The maximum absolute atomic E-state index is 14.7. The van der Waals surface area contributed by atoms with Gasteiger partial charge >= 0.3 is 0 Å². The van der Waals surface area contributed by atoms with Crippen LogP contribution in [-0.4, -0.2) is 144 Å². The summed E-state index contributed by atoms with van der Waals surface area (Å²) >= 11 is 0. The highest BCUT2D eigenvalue weighted by molar-refractivity contribution is 5.99. The minimum Gasteiger partial charge on any atom is -0.370 e. The third-order valence-corrected chi connectivity index (χ3v) is 12.5. The second-order valence-electron chi connectivity index (χ2n) is 19.2. The van der Waals surface area contributed by atoms with E-state index in [0.717, 1.165) is 0 Å². The molecule has 0 aliphatic carbocycles. The summed E-state index contributed by atoms with van der Waals surface area (Å²) < 4.78 is 0. The molecule has 26 nitrogen and oxygen atoms in total. The lowest BCUT2D eigenvalue weighted by molar-refractivity contribution is -0.142. The van der Waals surface area contributed by atoms with Crippen molar-refractivity contribution in [2.24, 2.45) is 50.3 Å². The molecule has 0 unspecified atom stereocenters. The molecule has 2 saturated heterocycles. The molecular formula is C50H74N16O10. The van der Waals surface area contributed by atoms with Crippen LogP contribution in [0.3, 0.4) is 0 Å². The minimum absolute atomic E-state index is 0.0342. The maximum Gasteiger partial charge on any atom is 0.245 e. The van der Waals surface area contributed by atoms with Crippen LogP contribution in [0.5, 0.6) is 0 Å². The Kier molecular flexibility index (Phi) is 23.9. The van der Waals surface area contributed by atoms with Gasteiger partial charge in [-0.15, -0.1) is 0 Å². The lowest BCUT2D eigenvalue weighted by atomic mass is 9.99. The molecule has 10 amide bonds. The molecule has 19 N–H and O–H groups in total. The molecule has 0 spiro atoms. The third-order valence-electron chi connectivity index (χ3n) is 12.5. The van der Waals surface area contributed by atoms with Crippen LogP contribution in [0.4, 0.5) is 0 Å². The highest BCUT2D eigenvalue weighted by Crippen LogP contribution is 2.21. The standard InChI is InChI=1S/C50H74N16O10/c1-28(2)24-35(63-46(74)37(26-30-14-7-4-8-15-30)64-43(71)32-19-20-40(68)59-32)44(72)65-36(25-29-12-5-3-6-13-29)45(73)61-33(17-10-22-58-50(55)56)48(76)66-23-11-18-38(66)47(75)60-31(16-9-21-57-49(53)54)42(70)62-34(41(52)69)27-39(51)67/h3-8,12-15,28,31-38H,9-11,16-27H2,1-2H3,(H2,51,67)(H2,52,69)(H,59,68)(H,60,75)(H,61,73)(H,62,70)(H,63,74)(H,64,71)(H,65,72)(H4,53,54,57)(H4,55,56,58)/t31-,32-,33+,34-,35-,36-,37-,38-/m0/s1. The van der Waals surface area contributed by atoms with E-state index in [1.165, 1.54) is 4.90 Å². The Labute approximate surface area is 440 Å². The summed E-state index contributed by atoms with van der Waals surface area (Å²) in [6.45, 7) is 3.88. The molecule has 0 radical (unpaired) electrons. The van der Waals surface area contributed by atoms with Gasteiger partial charge in [-0.25, -0.2) is 0 Å². The molecule has 2 heterocycles. The monoisotopic (exact) mass is 1060 g/mol. The van der Waals surface area contributed by atoms with E-state index < -0.39 is 108 Å². The van der Waals surface area contributed by atoms with Crippen molar-refractivity contribution in [3.63, 3.8) is 0 Å². The van der Waals surface area contributed by atoms with Gasteiger partial charge in [-0.2, -0.15) is 0 Å². The van der Waals surface area contributed by atoms with E-state index >= 15 is 0 Å². The number of carbonyl (C=O) groups is 10. The van der Waals surface area contributed by atoms with Crippen LogP contribution in [0, 0.1) is 5.92 Å². The number of nitrogens with one attached hydrogen (secondary N) is 7. The number of amides is 10. The van der Waals surface area contributed by atoms with Crippen molar-refractivity contribution in [3.8, 4) is 0 Å². The number of carbonyl (C=O) groups excluding carboxylic acids is 10. The zero-order chi connectivity index (χ0) is 55.9. The van der Waals surface area contributed by atoms with Gasteiger partial charge in [0.2, 0.25) is 59.1 Å². The Balaban J connectivity index is 1.61. The molecule has 414 valence electrons. The van der Waals surface area contributed by atoms with Crippen molar-refractivity contribution >= 4 is 71.0 Å². The quantitative estimate of drug-likeness (QED) is 0.0203. The third kappa shape index (κ3) is 20.2. The molecule has 2 aliphatic heterocycles. The molecule has 0 aromatic heterocycles. The average molecular weight is 1060 g/mol. The Morgan fingerprint density at radius 1 is 0.605 bits per heavy atom. The Morgan fingerprint density at radius 2 is 1.08 bits per heavy atom. The van der Waals surface area contributed by atoms with Crippen molar-refractivity contribution in [1.82, 2.24) is 42.1 Å². The van der Waals surface area contributed by atoms with Crippen LogP contribution in [-0.2, 0) is 60.8 Å². The SMILES string of the molecule is CC(C)C[C@H](NC(=O)[C@H](Cc1ccccc1)NC(=O)[C@@H]1CCC(=O)N1)C(=O)N[C@@H](Cc1ccccc1)C(=O)N[C@H](CCCN=C(N)N)C(=O)N1CCC[C@H]1C(=O)N[C@@H](CCCN=C(N)N)C(=O)N[C@@H](CC(N)=O)C(N)=O. The van der Waals surface area contributed by atoms with Crippen LogP contribution in [0.1, 0.15) is 89.2 Å². The van der Waals surface area contributed by atoms with Gasteiger partial charge in [0.05, 0.1) is 6.42 Å². The predicted molar refractivity (Wildman–Crippen MR) is 280 cm³/mol. The van der Waals surface area contributed by atoms with Gasteiger partial charge in [0.15, 0.2) is 11.9 Å². The number of guanidine groups is 2. The Hall–Kier alpha value is -8.32. The normalized spacial score (nSPS) is 17.2. The second-order valence-corrected chi connectivity index (χ2v) is 19.2. The van der Waals surface area contributed by atoms with Crippen molar-refractivity contribution in [3.05, 3.63) is 71.8 Å². The van der Waals surface area contributed by atoms with Crippen LogP contribution < -0.4 is 71.6 Å². The van der Waals surface area contributed by atoms with Crippen molar-refractivity contribution in [2.75, 3.05) is 19.6 Å². The van der Waals surface area contributed by atoms with Gasteiger partial charge in [0.25, 0.3) is 0 Å². The summed E-state index contributed by atoms with van der Waals surface area (Å²) in [7, 11) is 0. The number of primary amides is 2. The number of rotatable bonds is 30. The molecule has 76 heavy (non-hydrogen) atoms. The number of nitrogens with two attached hydrogens (primary N) is 6. The number of nitrogens with zero attached hydrogens (tertiary/aromatic N) is 3. The zero-order valence-electron chi connectivity index (χ0n) is 43.0. The fourth-order valence-corrected chi connectivity index (χ4v) is 8.72. The highest BCUT2D eigenvalue weighted by Gasteiger charge is 2.40. The van der Waals surface area contributed by atoms with Gasteiger partial charge < -0.3 is 76.5 Å². The van der Waals surface area contributed by atoms with Gasteiger partial charge in [-0.05, 0) is 68.4 Å². The van der Waals surface area contributed by atoms with E-state index in [-0.39, 0.29) is 108 Å². The first kappa shape index (κ1) is 60.2. The summed E-state index contributed by atoms with van der Waals surface area (Å²) in [6.07, 6.45) is 0.669. The summed E-state index contributed by atoms with van der Waals surface area (Å²) in [4.78, 5) is 144. The molecule has 2 fully saturated rings. The molecule has 2 aliphatic rings. The fraction of sp³-hybridized carbons (Fsp3) is 0.520. The van der Waals surface area contributed by atoms with Crippen LogP contribution in [0.15, 0.2) is 70.6 Å². The second kappa shape index (κ2) is 30.1. The lowest BCUT2D eigenvalue weighted by Gasteiger charge is -2.31. The van der Waals surface area contributed by atoms with E-state index in [2.05, 4.69) is 47.2 Å². The van der Waals surface area contributed by atoms with E-state index in [9.17, 15) is 47.9 Å². The molecule has 0 saturated carbocycles. The smallest absolute Gasteiger partial charge is 0.245 e. The van der Waals surface area contributed by atoms with Gasteiger partial charge in [-0.1, -0.05) is 74.5 Å². The first-order chi connectivity index (χ1) is 36.1. The van der Waals surface area contributed by atoms with E-state index in [1.54, 1.807) is 60.7 Å². The largest absolute Gasteiger partial charge is 0.370 e. The van der Waals surface area contributed by atoms with Crippen LogP contribution in [0.2, 0.25) is 0 Å². The van der Waals surface area contributed by atoms with E-state index in [1.807, 2.05) is 13.8 Å². The van der Waals surface area contributed by atoms with Crippen molar-refractivity contribution in [2.45, 2.75) is 139 Å². The van der Waals surface area contributed by atoms with Gasteiger partial charge in [0, 0.05) is 38.9 Å². The Morgan fingerprint density at radius 3 is 1.58 bits per heavy atom. The molecular weight excluding hydrogens is 985 g/mol. The van der Waals surface area contributed by atoms with E-state index in [0.29, 0.717) is 17.5 Å². The predicted octanol–water partition coefficient (Wildman–Crippen LogP) is -3.84. The highest BCUT2D eigenvalue weighted by atomic mass is 16.2. The molecule has 2 aromatic rings. The molecule has 0 bridgehead atoms. The zero-order valence-corrected chi connectivity index (χ0v) is 43.0. The number of likely N-dealkylation sites (tertiary alicyclic amines) is 1. The summed E-state index contributed by atoms with van der Waals surface area (Å²) in [6, 6.07) is 7.83. The molecule has 2 aromatic carbocycles. The molecule has 8 atom stereocenters. The molecule has 4 rings (SSSR count). The lowest BCUT2D eigenvalue weighted by Crippen LogP contribution is -2.60. The number of benzene rings is 2. The van der Waals surface area contributed by atoms with Gasteiger partial charge in [-0.3, -0.25) is 57.9 Å². The summed E-state index contributed by atoms with van der Waals surface area (Å²) in [5, 5.41) is 18.8. The van der Waals surface area contributed by atoms with Gasteiger partial charge in [0.1, 0.15) is 48.3 Å². The fourth-order valence-electron chi connectivity index (χ4n) is 8.72. The summed E-state index contributed by atoms with van der Waals surface area (Å²) in [5.41, 5.74) is 34.1. The number of hydrogen-bond donors (Lipinski definition) is 13. The maximum atomic E-state index is 14.7. The minimum atomic E-state index is -1.49. The van der Waals surface area contributed by atoms with Crippen LogP contribution in [0.25, 0.3) is 0 Å². The first-order valence-electron chi connectivity index (χ1n) is 25.3. The number of hydrogen-bond acceptors (Lipinski definition) is 12.